The molecule has 1 aromatic heterocycles. The van der Waals surface area contributed by atoms with Crippen molar-refractivity contribution < 1.29 is 9.21 Å². The van der Waals surface area contributed by atoms with Gasteiger partial charge in [0.25, 0.3) is 0 Å². The third-order valence-electron chi connectivity index (χ3n) is 1.27. The molecular formula is C10H17NO2. The minimum atomic E-state index is 0.391. The molecule has 3 heteroatoms. The van der Waals surface area contributed by atoms with E-state index in [0.29, 0.717) is 12.0 Å². The zero-order valence-electron chi connectivity index (χ0n) is 8.70. The van der Waals surface area contributed by atoms with Crippen molar-refractivity contribution in [2.45, 2.75) is 20.4 Å². The van der Waals surface area contributed by atoms with Gasteiger partial charge in [-0.2, -0.15) is 0 Å². The van der Waals surface area contributed by atoms with Gasteiger partial charge in [-0.05, 0) is 26.2 Å². The molecule has 1 aromatic rings. The fraction of sp³-hybridized carbons (Fsp3) is 0.500. The van der Waals surface area contributed by atoms with Gasteiger partial charge in [0.15, 0.2) is 12.0 Å². The van der Waals surface area contributed by atoms with E-state index in [1.165, 1.54) is 0 Å². The fourth-order valence-electron chi connectivity index (χ4n) is 0.854. The molecule has 1 rings (SSSR count). The van der Waals surface area contributed by atoms with E-state index in [9.17, 15) is 4.79 Å². The van der Waals surface area contributed by atoms with Crippen molar-refractivity contribution in [1.82, 2.24) is 4.90 Å². The summed E-state index contributed by atoms with van der Waals surface area (Å²) in [6, 6.07) is 3.48. The van der Waals surface area contributed by atoms with Crippen LogP contribution in [0.25, 0.3) is 0 Å². The highest BCUT2D eigenvalue weighted by molar-refractivity contribution is 5.70. The summed E-state index contributed by atoms with van der Waals surface area (Å²) in [5.74, 6) is 1.21. The summed E-state index contributed by atoms with van der Waals surface area (Å²) >= 11 is 0. The lowest BCUT2D eigenvalue weighted by Gasteiger charge is -2.04. The zero-order valence-corrected chi connectivity index (χ0v) is 8.70. The molecule has 0 amide bonds. The van der Waals surface area contributed by atoms with Crippen molar-refractivity contribution in [3.05, 3.63) is 23.7 Å². The van der Waals surface area contributed by atoms with Crippen molar-refractivity contribution in [2.75, 3.05) is 14.1 Å². The van der Waals surface area contributed by atoms with Gasteiger partial charge in [0.05, 0.1) is 6.54 Å². The summed E-state index contributed by atoms with van der Waals surface area (Å²) in [4.78, 5) is 12.2. The maximum atomic E-state index is 10.2. The molecule has 74 valence electrons. The summed E-state index contributed by atoms with van der Waals surface area (Å²) in [7, 11) is 3.90. The van der Waals surface area contributed by atoms with E-state index < -0.39 is 0 Å². The van der Waals surface area contributed by atoms with Crippen LogP contribution in [-0.4, -0.2) is 25.3 Å². The van der Waals surface area contributed by atoms with E-state index >= 15 is 0 Å². The molecule has 0 spiro atoms. The van der Waals surface area contributed by atoms with Crippen molar-refractivity contribution in [1.29, 1.82) is 0 Å². The average Bonchev–Trinajstić information content (AvgIpc) is 2.55. The van der Waals surface area contributed by atoms with E-state index in [1.54, 1.807) is 6.07 Å². The van der Waals surface area contributed by atoms with E-state index in [-0.39, 0.29) is 0 Å². The molecule has 0 radical (unpaired) electrons. The van der Waals surface area contributed by atoms with Gasteiger partial charge in [0.2, 0.25) is 0 Å². The van der Waals surface area contributed by atoms with Gasteiger partial charge >= 0.3 is 0 Å². The van der Waals surface area contributed by atoms with Gasteiger partial charge in [0.1, 0.15) is 5.76 Å². The fourth-order valence-corrected chi connectivity index (χ4v) is 0.854. The van der Waals surface area contributed by atoms with Gasteiger partial charge in [0, 0.05) is 0 Å². The lowest BCUT2D eigenvalue weighted by Crippen LogP contribution is -2.09. The molecule has 0 N–H and O–H groups in total. The molecule has 0 saturated carbocycles. The lowest BCUT2D eigenvalue weighted by atomic mass is 10.4. The van der Waals surface area contributed by atoms with Gasteiger partial charge in [-0.25, -0.2) is 0 Å². The van der Waals surface area contributed by atoms with Crippen LogP contribution in [0.5, 0.6) is 0 Å². The molecule has 0 aliphatic carbocycles. The number of hydrogen-bond acceptors (Lipinski definition) is 3. The van der Waals surface area contributed by atoms with E-state index in [1.807, 2.05) is 38.9 Å². The quantitative estimate of drug-likeness (QED) is 0.673. The molecule has 0 bridgehead atoms. The highest BCUT2D eigenvalue weighted by Crippen LogP contribution is 2.06. The number of carbonyl (C=O) groups excluding carboxylic acids is 1. The van der Waals surface area contributed by atoms with Crippen LogP contribution in [0.2, 0.25) is 0 Å². The Bertz CT molecular complexity index is 241. The van der Waals surface area contributed by atoms with Crippen LogP contribution in [0.15, 0.2) is 16.5 Å². The summed E-state index contributed by atoms with van der Waals surface area (Å²) in [6.45, 7) is 4.73. The second-order valence-corrected chi connectivity index (χ2v) is 2.66. The number of furan rings is 1. The van der Waals surface area contributed by atoms with Crippen LogP contribution in [0.1, 0.15) is 30.2 Å². The second kappa shape index (κ2) is 6.43. The summed E-state index contributed by atoms with van der Waals surface area (Å²) < 4.78 is 5.13. The molecule has 0 saturated heterocycles. The number of nitrogens with zero attached hydrogens (tertiary/aromatic N) is 1. The Morgan fingerprint density at radius 1 is 1.38 bits per heavy atom. The summed E-state index contributed by atoms with van der Waals surface area (Å²) in [6.07, 6.45) is 0.707. The minimum Gasteiger partial charge on any atom is -0.457 e. The first-order valence-electron chi connectivity index (χ1n) is 4.41. The van der Waals surface area contributed by atoms with Crippen molar-refractivity contribution in [2.24, 2.45) is 0 Å². The third-order valence-corrected chi connectivity index (χ3v) is 1.27. The SMILES string of the molecule is CC.CN(C)Cc1ccc(C=O)o1. The van der Waals surface area contributed by atoms with Crippen LogP contribution < -0.4 is 0 Å². The molecule has 0 fully saturated rings. The molecule has 0 aromatic carbocycles. The standard InChI is InChI=1S/C8H11NO2.C2H6/c1-9(2)5-7-3-4-8(6-10)11-7;1-2/h3-4,6H,5H2,1-2H3;1-2H3. The first-order chi connectivity index (χ1) is 6.22. The van der Waals surface area contributed by atoms with Crippen LogP contribution in [0, 0.1) is 0 Å². The van der Waals surface area contributed by atoms with Gasteiger partial charge in [-0.15, -0.1) is 0 Å². The first kappa shape index (κ1) is 11.9. The van der Waals surface area contributed by atoms with Crippen LogP contribution in [0.4, 0.5) is 0 Å². The minimum absolute atomic E-state index is 0.391. The second-order valence-electron chi connectivity index (χ2n) is 2.66. The van der Waals surface area contributed by atoms with Crippen molar-refractivity contribution >= 4 is 6.29 Å². The third kappa shape index (κ3) is 4.48. The maximum Gasteiger partial charge on any atom is 0.185 e. The Balaban J connectivity index is 0.000000671. The Morgan fingerprint density at radius 3 is 2.38 bits per heavy atom. The summed E-state index contributed by atoms with van der Waals surface area (Å²) in [5, 5.41) is 0. The normalized spacial score (nSPS) is 9.31. The first-order valence-corrected chi connectivity index (χ1v) is 4.41. The molecule has 0 aliphatic rings. The van der Waals surface area contributed by atoms with Crippen LogP contribution in [-0.2, 0) is 6.54 Å². The smallest absolute Gasteiger partial charge is 0.185 e. The van der Waals surface area contributed by atoms with E-state index in [4.69, 9.17) is 4.42 Å². The molecule has 1 heterocycles. The number of carbonyl (C=O) groups is 1. The predicted octanol–water partition coefficient (Wildman–Crippen LogP) is 2.18. The largest absolute Gasteiger partial charge is 0.457 e. The molecule has 13 heavy (non-hydrogen) atoms. The predicted molar refractivity (Wildman–Crippen MR) is 52.8 cm³/mol. The van der Waals surface area contributed by atoms with Gasteiger partial charge < -0.3 is 9.32 Å². The van der Waals surface area contributed by atoms with Crippen molar-refractivity contribution in [3.8, 4) is 0 Å². The number of hydrogen-bond donors (Lipinski definition) is 0. The van der Waals surface area contributed by atoms with E-state index in [0.717, 1.165) is 12.3 Å². The number of rotatable bonds is 3. The van der Waals surface area contributed by atoms with Gasteiger partial charge in [-0.1, -0.05) is 13.8 Å². The molecule has 0 aliphatic heterocycles. The molecule has 3 nitrogen and oxygen atoms in total. The Labute approximate surface area is 79.3 Å². The number of aldehydes is 1. The average molecular weight is 183 g/mol. The van der Waals surface area contributed by atoms with Crippen LogP contribution >= 0.6 is 0 Å². The molecule has 0 unspecified atom stereocenters. The highest BCUT2D eigenvalue weighted by Gasteiger charge is 2.00. The van der Waals surface area contributed by atoms with Gasteiger partial charge in [-0.3, -0.25) is 4.79 Å². The van der Waals surface area contributed by atoms with Crippen LogP contribution in [0.3, 0.4) is 0 Å². The molecular weight excluding hydrogens is 166 g/mol. The topological polar surface area (TPSA) is 33.5 Å². The summed E-state index contributed by atoms with van der Waals surface area (Å²) in [5.41, 5.74) is 0. The van der Waals surface area contributed by atoms with E-state index in [2.05, 4.69) is 0 Å². The zero-order chi connectivity index (χ0) is 10.3. The lowest BCUT2D eigenvalue weighted by molar-refractivity contribution is 0.109. The highest BCUT2D eigenvalue weighted by atomic mass is 16.3. The monoisotopic (exact) mass is 183 g/mol. The molecule has 0 atom stereocenters. The Hall–Kier alpha value is -1.09. The maximum absolute atomic E-state index is 10.2. The Kier molecular flexibility index (Phi) is 5.89. The van der Waals surface area contributed by atoms with Crippen molar-refractivity contribution in [3.63, 3.8) is 0 Å². The Morgan fingerprint density at radius 2 is 2.00 bits per heavy atom.